The predicted octanol–water partition coefficient (Wildman–Crippen LogP) is 3.49. The molecule has 3 N–H and O–H groups in total. The summed E-state index contributed by atoms with van der Waals surface area (Å²) in [6.45, 7) is 0. The van der Waals surface area contributed by atoms with Gasteiger partial charge >= 0.3 is 0 Å². The maximum absolute atomic E-state index is 12.3. The summed E-state index contributed by atoms with van der Waals surface area (Å²) in [4.78, 5) is 0.00166. The zero-order valence-electron chi connectivity index (χ0n) is 9.60. The van der Waals surface area contributed by atoms with E-state index < -0.39 is 10.0 Å². The van der Waals surface area contributed by atoms with E-state index in [0.29, 0.717) is 15.2 Å². The van der Waals surface area contributed by atoms with Crippen LogP contribution in [0.15, 0.2) is 51.8 Å². The van der Waals surface area contributed by atoms with Gasteiger partial charge in [-0.15, -0.1) is 0 Å². The molecule has 0 aliphatic carbocycles. The number of nitrogen functional groups attached to an aromatic ring is 1. The van der Waals surface area contributed by atoms with E-state index in [9.17, 15) is 8.42 Å². The number of rotatable bonds is 3. The summed E-state index contributed by atoms with van der Waals surface area (Å²) in [6, 6.07) is 11.2. The number of halogens is 2. The van der Waals surface area contributed by atoms with Gasteiger partial charge in [-0.05, 0) is 30.3 Å². The number of benzene rings is 2. The van der Waals surface area contributed by atoms with Crippen molar-refractivity contribution in [1.82, 2.24) is 0 Å². The topological polar surface area (TPSA) is 72.2 Å². The van der Waals surface area contributed by atoms with Crippen molar-refractivity contribution in [2.45, 2.75) is 4.90 Å². The first-order valence-corrected chi connectivity index (χ1v) is 7.88. The van der Waals surface area contributed by atoms with Crippen LogP contribution in [0, 0.1) is 0 Å². The van der Waals surface area contributed by atoms with Gasteiger partial charge in [0.05, 0.1) is 16.4 Å². The fraction of sp³-hybridized carbons (Fsp3) is 0. The lowest BCUT2D eigenvalue weighted by Crippen LogP contribution is -2.15. The molecule has 0 bridgehead atoms. The Hall–Kier alpha value is -1.24. The summed E-state index contributed by atoms with van der Waals surface area (Å²) in [6.07, 6.45) is 0. The lowest BCUT2D eigenvalue weighted by molar-refractivity contribution is 0.601. The van der Waals surface area contributed by atoms with E-state index in [1.165, 1.54) is 12.1 Å². The Morgan fingerprint density at radius 3 is 2.53 bits per heavy atom. The van der Waals surface area contributed by atoms with E-state index in [2.05, 4.69) is 20.7 Å². The fourth-order valence-corrected chi connectivity index (χ4v) is 3.47. The number of hydrogen-bond donors (Lipinski definition) is 2. The maximum Gasteiger partial charge on any atom is 0.264 e. The maximum atomic E-state index is 12.3. The first-order chi connectivity index (χ1) is 8.90. The van der Waals surface area contributed by atoms with Crippen LogP contribution in [-0.2, 0) is 10.0 Å². The highest BCUT2D eigenvalue weighted by Crippen LogP contribution is 2.27. The predicted molar refractivity (Wildman–Crippen MR) is 80.8 cm³/mol. The van der Waals surface area contributed by atoms with E-state index in [1.54, 1.807) is 30.3 Å². The van der Waals surface area contributed by atoms with Crippen molar-refractivity contribution in [2.24, 2.45) is 0 Å². The van der Waals surface area contributed by atoms with E-state index in [1.807, 2.05) is 0 Å². The van der Waals surface area contributed by atoms with Crippen molar-refractivity contribution in [3.05, 3.63) is 52.0 Å². The number of sulfonamides is 1. The number of nitrogens with two attached hydrogens (primary N) is 1. The molecule has 0 radical (unpaired) electrons. The lowest BCUT2D eigenvalue weighted by Gasteiger charge is -2.11. The Balaban J connectivity index is 2.44. The second-order valence-electron chi connectivity index (χ2n) is 3.77. The van der Waals surface area contributed by atoms with Gasteiger partial charge in [-0.2, -0.15) is 0 Å². The normalized spacial score (nSPS) is 11.3. The summed E-state index contributed by atoms with van der Waals surface area (Å²) in [5, 5.41) is 0.319. The summed E-state index contributed by atoms with van der Waals surface area (Å²) in [5.41, 5.74) is 6.17. The number of nitrogens with one attached hydrogen (secondary N) is 1. The van der Waals surface area contributed by atoms with Crippen molar-refractivity contribution >= 4 is 48.9 Å². The van der Waals surface area contributed by atoms with Crippen molar-refractivity contribution in [3.8, 4) is 0 Å². The minimum atomic E-state index is -3.78. The van der Waals surface area contributed by atoms with Gasteiger partial charge in [-0.25, -0.2) is 8.42 Å². The zero-order valence-corrected chi connectivity index (χ0v) is 12.8. The number of anilines is 2. The molecule has 0 amide bonds. The molecule has 0 fully saturated rings. The van der Waals surface area contributed by atoms with Crippen molar-refractivity contribution < 1.29 is 8.42 Å². The van der Waals surface area contributed by atoms with Crippen LogP contribution in [0.25, 0.3) is 0 Å². The van der Waals surface area contributed by atoms with Gasteiger partial charge in [-0.3, -0.25) is 4.72 Å². The highest BCUT2D eigenvalue weighted by atomic mass is 79.9. The molecule has 4 nitrogen and oxygen atoms in total. The lowest BCUT2D eigenvalue weighted by atomic mass is 10.3. The van der Waals surface area contributed by atoms with E-state index in [0.717, 1.165) is 0 Å². The van der Waals surface area contributed by atoms with Crippen LogP contribution < -0.4 is 10.5 Å². The Labute approximate surface area is 124 Å². The van der Waals surface area contributed by atoms with Crippen LogP contribution in [0.1, 0.15) is 0 Å². The third-order valence-electron chi connectivity index (χ3n) is 2.38. The summed E-state index contributed by atoms with van der Waals surface area (Å²) in [5.74, 6) is 0. The van der Waals surface area contributed by atoms with Gasteiger partial charge in [-0.1, -0.05) is 39.7 Å². The standard InChI is InChI=1S/C12H10BrClN2O2S/c13-8-5-6-10(15)12(7-8)19(17,18)16-11-4-2-1-3-9(11)14/h1-7,16H,15H2. The quantitative estimate of drug-likeness (QED) is 0.822. The van der Waals surface area contributed by atoms with Crippen LogP contribution in [0.3, 0.4) is 0 Å². The number of para-hydroxylation sites is 1. The van der Waals surface area contributed by atoms with E-state index in [-0.39, 0.29) is 10.6 Å². The Morgan fingerprint density at radius 2 is 1.84 bits per heavy atom. The molecule has 2 rings (SSSR count). The molecule has 0 atom stereocenters. The van der Waals surface area contributed by atoms with Gasteiger partial charge < -0.3 is 5.73 Å². The van der Waals surface area contributed by atoms with Gasteiger partial charge in [0.25, 0.3) is 10.0 Å². The molecule has 0 aliphatic heterocycles. The highest BCUT2D eigenvalue weighted by molar-refractivity contribution is 9.10. The Morgan fingerprint density at radius 1 is 1.16 bits per heavy atom. The van der Waals surface area contributed by atoms with Crippen LogP contribution in [-0.4, -0.2) is 8.42 Å². The molecular formula is C12H10BrClN2O2S. The average Bonchev–Trinajstić information content (AvgIpc) is 2.35. The first-order valence-electron chi connectivity index (χ1n) is 5.22. The molecule has 19 heavy (non-hydrogen) atoms. The molecule has 100 valence electrons. The summed E-state index contributed by atoms with van der Waals surface area (Å²) >= 11 is 9.14. The third-order valence-corrected chi connectivity index (χ3v) is 4.63. The average molecular weight is 362 g/mol. The van der Waals surface area contributed by atoms with E-state index >= 15 is 0 Å². The fourth-order valence-electron chi connectivity index (χ4n) is 1.48. The Kier molecular flexibility index (Phi) is 4.03. The van der Waals surface area contributed by atoms with Crippen molar-refractivity contribution in [3.63, 3.8) is 0 Å². The van der Waals surface area contributed by atoms with Gasteiger partial charge in [0.15, 0.2) is 0 Å². The second-order valence-corrected chi connectivity index (χ2v) is 6.74. The van der Waals surface area contributed by atoms with E-state index in [4.69, 9.17) is 17.3 Å². The smallest absolute Gasteiger partial charge is 0.264 e. The Bertz CT molecular complexity index is 719. The van der Waals surface area contributed by atoms with Crippen molar-refractivity contribution in [2.75, 3.05) is 10.5 Å². The molecule has 0 spiro atoms. The largest absolute Gasteiger partial charge is 0.398 e. The summed E-state index contributed by atoms with van der Waals surface area (Å²) < 4.78 is 27.5. The monoisotopic (exact) mass is 360 g/mol. The molecule has 0 aromatic heterocycles. The third kappa shape index (κ3) is 3.20. The van der Waals surface area contributed by atoms with Gasteiger partial charge in [0, 0.05) is 4.47 Å². The molecular weight excluding hydrogens is 352 g/mol. The van der Waals surface area contributed by atoms with Gasteiger partial charge in [0.2, 0.25) is 0 Å². The summed E-state index contributed by atoms with van der Waals surface area (Å²) in [7, 11) is -3.78. The zero-order chi connectivity index (χ0) is 14.0. The molecule has 0 saturated carbocycles. The van der Waals surface area contributed by atoms with Crippen molar-refractivity contribution in [1.29, 1.82) is 0 Å². The number of hydrogen-bond acceptors (Lipinski definition) is 3. The molecule has 2 aromatic carbocycles. The molecule has 0 heterocycles. The van der Waals surface area contributed by atoms with Crippen LogP contribution in [0.5, 0.6) is 0 Å². The minimum Gasteiger partial charge on any atom is -0.398 e. The first kappa shape index (κ1) is 14.2. The van der Waals surface area contributed by atoms with Gasteiger partial charge in [0.1, 0.15) is 4.90 Å². The molecule has 0 unspecified atom stereocenters. The van der Waals surface area contributed by atoms with Crippen LogP contribution in [0.2, 0.25) is 5.02 Å². The van der Waals surface area contributed by atoms with Crippen LogP contribution in [0.4, 0.5) is 11.4 Å². The molecule has 0 saturated heterocycles. The highest BCUT2D eigenvalue weighted by Gasteiger charge is 2.18. The molecule has 0 aliphatic rings. The molecule has 2 aromatic rings. The molecule has 7 heteroatoms. The minimum absolute atomic E-state index is 0.00166. The second kappa shape index (κ2) is 5.40. The SMILES string of the molecule is Nc1ccc(Br)cc1S(=O)(=O)Nc1ccccc1Cl. The van der Waals surface area contributed by atoms with Crippen LogP contribution >= 0.6 is 27.5 Å².